The fraction of sp³-hybridized carbons (Fsp3) is 0.200. The second kappa shape index (κ2) is 7.31. The fourth-order valence-electron chi connectivity index (χ4n) is 1.96. The number of aliphatic hydroxyl groups excluding tert-OH is 1. The number of nitro benzene ring substituents is 1. The molecule has 2 aromatic rings. The summed E-state index contributed by atoms with van der Waals surface area (Å²) in [6.45, 7) is 0.490. The molecule has 0 spiro atoms. The summed E-state index contributed by atoms with van der Waals surface area (Å²) in [4.78, 5) is 10.2. The van der Waals surface area contributed by atoms with Crippen LogP contribution in [0.5, 0.6) is 0 Å². The van der Waals surface area contributed by atoms with Crippen molar-refractivity contribution in [2.45, 2.75) is 12.6 Å². The second-order valence-corrected chi connectivity index (χ2v) is 5.14. The van der Waals surface area contributed by atoms with Crippen molar-refractivity contribution >= 4 is 17.3 Å². The molecule has 22 heavy (non-hydrogen) atoms. The van der Waals surface area contributed by atoms with Gasteiger partial charge in [-0.1, -0.05) is 23.7 Å². The van der Waals surface area contributed by atoms with Gasteiger partial charge in [0.2, 0.25) is 0 Å². The Morgan fingerprint density at radius 1 is 1.27 bits per heavy atom. The summed E-state index contributed by atoms with van der Waals surface area (Å²) in [5.74, 6) is -0.368. The van der Waals surface area contributed by atoms with E-state index in [2.05, 4.69) is 5.32 Å². The molecule has 2 rings (SSSR count). The minimum absolute atomic E-state index is 0.0414. The molecule has 2 aromatic carbocycles. The average Bonchev–Trinajstić information content (AvgIpc) is 2.49. The Hall–Kier alpha value is -2.02. The number of hydrogen-bond acceptors (Lipinski definition) is 4. The van der Waals surface area contributed by atoms with Gasteiger partial charge in [0.15, 0.2) is 0 Å². The first-order valence-corrected chi connectivity index (χ1v) is 6.92. The SMILES string of the molecule is O=[N+]([O-])c1ccc(Cl)c(CNCC(O)c2ccc(F)cc2)c1. The van der Waals surface area contributed by atoms with Gasteiger partial charge in [-0.15, -0.1) is 0 Å². The highest BCUT2D eigenvalue weighted by Gasteiger charge is 2.11. The lowest BCUT2D eigenvalue weighted by Crippen LogP contribution is -2.21. The largest absolute Gasteiger partial charge is 0.387 e. The molecule has 0 aromatic heterocycles. The van der Waals surface area contributed by atoms with Crippen molar-refractivity contribution < 1.29 is 14.4 Å². The maximum absolute atomic E-state index is 12.8. The molecule has 0 aliphatic heterocycles. The van der Waals surface area contributed by atoms with Crippen molar-refractivity contribution in [3.05, 3.63) is 74.5 Å². The third-order valence-corrected chi connectivity index (χ3v) is 3.52. The van der Waals surface area contributed by atoms with Crippen LogP contribution in [-0.4, -0.2) is 16.6 Å². The van der Waals surface area contributed by atoms with E-state index in [9.17, 15) is 19.6 Å². The van der Waals surface area contributed by atoms with Crippen LogP contribution in [0.2, 0.25) is 5.02 Å². The summed E-state index contributed by atoms with van der Waals surface area (Å²) in [5.41, 5.74) is 1.11. The third kappa shape index (κ3) is 4.24. The lowest BCUT2D eigenvalue weighted by molar-refractivity contribution is -0.384. The Balaban J connectivity index is 1.94. The molecule has 1 unspecified atom stereocenters. The van der Waals surface area contributed by atoms with E-state index in [1.165, 1.54) is 42.5 Å². The highest BCUT2D eigenvalue weighted by molar-refractivity contribution is 6.31. The molecule has 7 heteroatoms. The number of nitrogens with zero attached hydrogens (tertiary/aromatic N) is 1. The first-order chi connectivity index (χ1) is 10.5. The molecule has 0 aliphatic rings. The van der Waals surface area contributed by atoms with E-state index in [0.29, 0.717) is 16.1 Å². The topological polar surface area (TPSA) is 75.4 Å². The van der Waals surface area contributed by atoms with Gasteiger partial charge < -0.3 is 10.4 Å². The van der Waals surface area contributed by atoms with Gasteiger partial charge in [-0.2, -0.15) is 0 Å². The number of hydrogen-bond donors (Lipinski definition) is 2. The van der Waals surface area contributed by atoms with E-state index < -0.39 is 11.0 Å². The zero-order valence-electron chi connectivity index (χ0n) is 11.5. The lowest BCUT2D eigenvalue weighted by Gasteiger charge is -2.12. The standard InChI is InChI=1S/C15H14ClFN2O3/c16-14-6-5-13(19(21)22)7-11(14)8-18-9-15(20)10-1-3-12(17)4-2-10/h1-7,15,18,20H,8-9H2. The molecule has 2 N–H and O–H groups in total. The van der Waals surface area contributed by atoms with Crippen LogP contribution in [-0.2, 0) is 6.54 Å². The number of nitrogens with one attached hydrogen (secondary N) is 1. The van der Waals surface area contributed by atoms with Crippen LogP contribution in [0.1, 0.15) is 17.2 Å². The smallest absolute Gasteiger partial charge is 0.269 e. The quantitative estimate of drug-likeness (QED) is 0.632. The molecular weight excluding hydrogens is 311 g/mol. The van der Waals surface area contributed by atoms with Crippen LogP contribution in [0.3, 0.4) is 0 Å². The van der Waals surface area contributed by atoms with Crippen LogP contribution in [0.4, 0.5) is 10.1 Å². The number of nitro groups is 1. The molecule has 0 radical (unpaired) electrons. The Morgan fingerprint density at radius 2 is 1.95 bits per heavy atom. The summed E-state index contributed by atoms with van der Waals surface area (Å²) in [5, 5.41) is 24.1. The molecule has 0 bridgehead atoms. The van der Waals surface area contributed by atoms with Crippen LogP contribution in [0.15, 0.2) is 42.5 Å². The van der Waals surface area contributed by atoms with E-state index in [1.54, 1.807) is 0 Å². The van der Waals surface area contributed by atoms with Crippen molar-refractivity contribution in [3.63, 3.8) is 0 Å². The number of benzene rings is 2. The van der Waals surface area contributed by atoms with Gasteiger partial charge in [0.25, 0.3) is 5.69 Å². The number of aliphatic hydroxyl groups is 1. The van der Waals surface area contributed by atoms with Crippen molar-refractivity contribution in [1.82, 2.24) is 5.32 Å². The minimum Gasteiger partial charge on any atom is -0.387 e. The molecule has 116 valence electrons. The third-order valence-electron chi connectivity index (χ3n) is 3.15. The molecular formula is C15H14ClFN2O3. The molecule has 0 saturated heterocycles. The van der Waals surface area contributed by atoms with Gasteiger partial charge in [0.1, 0.15) is 5.82 Å². The predicted molar refractivity (Wildman–Crippen MR) is 81.2 cm³/mol. The summed E-state index contributed by atoms with van der Waals surface area (Å²) in [7, 11) is 0. The van der Waals surface area contributed by atoms with Crippen molar-refractivity contribution in [3.8, 4) is 0 Å². The summed E-state index contributed by atoms with van der Waals surface area (Å²) in [6, 6.07) is 9.74. The zero-order chi connectivity index (χ0) is 16.1. The van der Waals surface area contributed by atoms with Crippen LogP contribution in [0.25, 0.3) is 0 Å². The highest BCUT2D eigenvalue weighted by atomic mass is 35.5. The fourth-order valence-corrected chi connectivity index (χ4v) is 2.14. The van der Waals surface area contributed by atoms with Crippen LogP contribution < -0.4 is 5.32 Å². The molecule has 5 nitrogen and oxygen atoms in total. The van der Waals surface area contributed by atoms with E-state index >= 15 is 0 Å². The second-order valence-electron chi connectivity index (χ2n) is 4.73. The maximum atomic E-state index is 12.8. The van der Waals surface area contributed by atoms with Gasteiger partial charge in [0.05, 0.1) is 11.0 Å². The Kier molecular flexibility index (Phi) is 5.43. The van der Waals surface area contributed by atoms with Gasteiger partial charge in [-0.3, -0.25) is 10.1 Å². The van der Waals surface area contributed by atoms with Gasteiger partial charge in [-0.25, -0.2) is 4.39 Å². The van der Waals surface area contributed by atoms with Crippen molar-refractivity contribution in [2.24, 2.45) is 0 Å². The average molecular weight is 325 g/mol. The summed E-state index contributed by atoms with van der Waals surface area (Å²) < 4.78 is 12.8. The van der Waals surface area contributed by atoms with E-state index in [-0.39, 0.29) is 24.6 Å². The zero-order valence-corrected chi connectivity index (χ0v) is 12.3. The molecule has 0 aliphatic carbocycles. The highest BCUT2D eigenvalue weighted by Crippen LogP contribution is 2.22. The lowest BCUT2D eigenvalue weighted by atomic mass is 10.1. The first kappa shape index (κ1) is 16.4. The van der Waals surface area contributed by atoms with E-state index in [0.717, 1.165) is 0 Å². The summed E-state index contributed by atoms with van der Waals surface area (Å²) in [6.07, 6.45) is -0.807. The normalized spacial score (nSPS) is 12.1. The molecule has 0 fully saturated rings. The van der Waals surface area contributed by atoms with E-state index in [1.807, 2.05) is 0 Å². The molecule has 1 atom stereocenters. The minimum atomic E-state index is -0.807. The van der Waals surface area contributed by atoms with Gasteiger partial charge in [0, 0.05) is 30.2 Å². The molecule has 0 amide bonds. The van der Waals surface area contributed by atoms with Crippen LogP contribution >= 0.6 is 11.6 Å². The van der Waals surface area contributed by atoms with Crippen molar-refractivity contribution in [2.75, 3.05) is 6.54 Å². The Bertz CT molecular complexity index is 664. The van der Waals surface area contributed by atoms with Crippen LogP contribution in [0, 0.1) is 15.9 Å². The molecule has 0 saturated carbocycles. The number of halogens is 2. The monoisotopic (exact) mass is 324 g/mol. The number of rotatable bonds is 6. The number of non-ortho nitro benzene ring substituents is 1. The Morgan fingerprint density at radius 3 is 2.59 bits per heavy atom. The van der Waals surface area contributed by atoms with Gasteiger partial charge in [-0.05, 0) is 29.3 Å². The predicted octanol–water partition coefficient (Wildman–Crippen LogP) is 3.21. The maximum Gasteiger partial charge on any atom is 0.269 e. The summed E-state index contributed by atoms with van der Waals surface area (Å²) >= 11 is 5.98. The Labute approximate surface area is 131 Å². The first-order valence-electron chi connectivity index (χ1n) is 6.54. The molecule has 0 heterocycles. The van der Waals surface area contributed by atoms with E-state index in [4.69, 9.17) is 11.6 Å². The van der Waals surface area contributed by atoms with Gasteiger partial charge >= 0.3 is 0 Å². The van der Waals surface area contributed by atoms with Crippen molar-refractivity contribution in [1.29, 1.82) is 0 Å².